The summed E-state index contributed by atoms with van der Waals surface area (Å²) in [5, 5.41) is 14.7. The molecule has 0 radical (unpaired) electrons. The number of anilines is 2. The van der Waals surface area contributed by atoms with Gasteiger partial charge in [-0.05, 0) is 50.1 Å². The van der Waals surface area contributed by atoms with Crippen molar-refractivity contribution in [3.05, 3.63) is 69.9 Å². The zero-order valence-corrected chi connectivity index (χ0v) is 17.8. The Hall–Kier alpha value is -3.33. The third-order valence-corrected chi connectivity index (χ3v) is 6.24. The number of halogens is 1. The largest absolute Gasteiger partial charge is 0.324 e. The number of piperidine rings is 1. The molecule has 31 heavy (non-hydrogen) atoms. The molecule has 3 amide bonds. The van der Waals surface area contributed by atoms with Gasteiger partial charge in [-0.2, -0.15) is 0 Å². The maximum Gasteiger partial charge on any atom is 0.321 e. The van der Waals surface area contributed by atoms with Gasteiger partial charge in [-0.1, -0.05) is 35.1 Å². The minimum atomic E-state index is -0.422. The van der Waals surface area contributed by atoms with Crippen molar-refractivity contribution in [1.82, 2.24) is 15.1 Å². The Bertz CT molecular complexity index is 1080. The average molecular weight is 440 g/mol. The SMILES string of the molecule is Cc1ccc(NC(=O)N2CCC(c3nnc(C(=O)Nc4cccc(F)c4)s3)CC2)cc1. The fourth-order valence-electron chi connectivity index (χ4n) is 3.41. The minimum Gasteiger partial charge on any atom is -0.324 e. The van der Waals surface area contributed by atoms with Crippen LogP contribution in [0.15, 0.2) is 48.5 Å². The first kappa shape index (κ1) is 20.9. The van der Waals surface area contributed by atoms with E-state index in [1.54, 1.807) is 11.0 Å². The highest BCUT2D eigenvalue weighted by atomic mass is 32.1. The number of carbonyl (C=O) groups is 2. The molecule has 160 valence electrons. The number of hydrogen-bond acceptors (Lipinski definition) is 5. The first-order valence-electron chi connectivity index (χ1n) is 10.0. The number of benzene rings is 2. The van der Waals surface area contributed by atoms with Crippen LogP contribution in [0.2, 0.25) is 0 Å². The van der Waals surface area contributed by atoms with Crippen molar-refractivity contribution in [1.29, 1.82) is 0 Å². The molecule has 1 fully saturated rings. The Morgan fingerprint density at radius 3 is 2.48 bits per heavy atom. The van der Waals surface area contributed by atoms with Gasteiger partial charge in [0.15, 0.2) is 0 Å². The van der Waals surface area contributed by atoms with Gasteiger partial charge in [-0.3, -0.25) is 4.79 Å². The molecule has 0 bridgehead atoms. The normalized spacial score (nSPS) is 14.3. The van der Waals surface area contributed by atoms with Crippen molar-refractivity contribution < 1.29 is 14.0 Å². The molecule has 0 spiro atoms. The van der Waals surface area contributed by atoms with E-state index in [2.05, 4.69) is 20.8 Å². The van der Waals surface area contributed by atoms with Crippen LogP contribution in [-0.2, 0) is 0 Å². The number of carbonyl (C=O) groups excluding carboxylic acids is 2. The lowest BCUT2D eigenvalue weighted by Gasteiger charge is -2.31. The summed E-state index contributed by atoms with van der Waals surface area (Å²) in [4.78, 5) is 26.7. The summed E-state index contributed by atoms with van der Waals surface area (Å²) < 4.78 is 13.3. The Morgan fingerprint density at radius 2 is 1.77 bits per heavy atom. The van der Waals surface area contributed by atoms with E-state index in [1.165, 1.54) is 29.5 Å². The van der Waals surface area contributed by atoms with E-state index in [-0.39, 0.29) is 17.0 Å². The van der Waals surface area contributed by atoms with Gasteiger partial charge in [0.05, 0.1) is 0 Å². The van der Waals surface area contributed by atoms with Crippen LogP contribution in [0.3, 0.4) is 0 Å². The lowest BCUT2D eigenvalue weighted by molar-refractivity contribution is 0.102. The highest BCUT2D eigenvalue weighted by Crippen LogP contribution is 2.30. The third-order valence-electron chi connectivity index (χ3n) is 5.15. The second kappa shape index (κ2) is 9.22. The number of aryl methyl sites for hydroxylation is 1. The molecule has 1 aliphatic rings. The maximum absolute atomic E-state index is 13.3. The van der Waals surface area contributed by atoms with Crippen LogP contribution in [0.5, 0.6) is 0 Å². The second-order valence-electron chi connectivity index (χ2n) is 7.47. The molecule has 2 heterocycles. The Labute approximate surface area is 183 Å². The molecule has 2 N–H and O–H groups in total. The average Bonchev–Trinajstić information content (AvgIpc) is 3.26. The molecule has 0 unspecified atom stereocenters. The third kappa shape index (κ3) is 5.24. The number of nitrogens with one attached hydrogen (secondary N) is 2. The summed E-state index contributed by atoms with van der Waals surface area (Å²) in [5.41, 5.74) is 2.28. The molecule has 7 nitrogen and oxygen atoms in total. The van der Waals surface area contributed by atoms with Crippen LogP contribution >= 0.6 is 11.3 Å². The number of hydrogen-bond donors (Lipinski definition) is 2. The van der Waals surface area contributed by atoms with Gasteiger partial charge in [0.2, 0.25) is 5.01 Å². The van der Waals surface area contributed by atoms with E-state index in [0.717, 1.165) is 29.1 Å². The summed E-state index contributed by atoms with van der Waals surface area (Å²) >= 11 is 1.24. The zero-order valence-electron chi connectivity index (χ0n) is 17.0. The highest BCUT2D eigenvalue weighted by molar-refractivity contribution is 7.13. The van der Waals surface area contributed by atoms with Crippen LogP contribution in [0.4, 0.5) is 20.6 Å². The minimum absolute atomic E-state index is 0.116. The second-order valence-corrected chi connectivity index (χ2v) is 8.48. The number of rotatable bonds is 4. The van der Waals surface area contributed by atoms with Crippen LogP contribution in [0.1, 0.15) is 39.1 Å². The Balaban J connectivity index is 1.31. The monoisotopic (exact) mass is 439 g/mol. The summed E-state index contributed by atoms with van der Waals surface area (Å²) in [6.45, 7) is 3.21. The van der Waals surface area contributed by atoms with E-state index in [4.69, 9.17) is 0 Å². The van der Waals surface area contributed by atoms with E-state index in [1.807, 2.05) is 31.2 Å². The molecule has 0 saturated carbocycles. The van der Waals surface area contributed by atoms with Gasteiger partial charge in [-0.25, -0.2) is 9.18 Å². The van der Waals surface area contributed by atoms with Gasteiger partial charge in [-0.15, -0.1) is 10.2 Å². The van der Waals surface area contributed by atoms with Crippen molar-refractivity contribution >= 4 is 34.6 Å². The molecule has 1 aliphatic heterocycles. The summed E-state index contributed by atoms with van der Waals surface area (Å²) in [6.07, 6.45) is 1.50. The van der Waals surface area contributed by atoms with Crippen molar-refractivity contribution in [3.63, 3.8) is 0 Å². The van der Waals surface area contributed by atoms with Gasteiger partial charge >= 0.3 is 6.03 Å². The van der Waals surface area contributed by atoms with Crippen molar-refractivity contribution in [3.8, 4) is 0 Å². The van der Waals surface area contributed by atoms with E-state index >= 15 is 0 Å². The molecular formula is C22H22FN5O2S. The lowest BCUT2D eigenvalue weighted by Crippen LogP contribution is -2.40. The van der Waals surface area contributed by atoms with Gasteiger partial charge in [0.1, 0.15) is 10.8 Å². The molecule has 2 aromatic carbocycles. The van der Waals surface area contributed by atoms with E-state index in [0.29, 0.717) is 18.8 Å². The zero-order chi connectivity index (χ0) is 21.8. The number of likely N-dealkylation sites (tertiary alicyclic amines) is 1. The van der Waals surface area contributed by atoms with Crippen LogP contribution < -0.4 is 10.6 Å². The molecule has 9 heteroatoms. The van der Waals surface area contributed by atoms with Crippen molar-refractivity contribution in [2.75, 3.05) is 23.7 Å². The molecule has 0 aliphatic carbocycles. The van der Waals surface area contributed by atoms with Gasteiger partial charge in [0, 0.05) is 30.4 Å². The maximum atomic E-state index is 13.3. The predicted molar refractivity (Wildman–Crippen MR) is 118 cm³/mol. The smallest absolute Gasteiger partial charge is 0.321 e. The van der Waals surface area contributed by atoms with Gasteiger partial charge < -0.3 is 15.5 Å². The summed E-state index contributed by atoms with van der Waals surface area (Å²) in [6, 6.07) is 13.3. The molecule has 1 saturated heterocycles. The lowest BCUT2D eigenvalue weighted by atomic mass is 9.98. The first-order chi connectivity index (χ1) is 15.0. The quantitative estimate of drug-likeness (QED) is 0.620. The summed E-state index contributed by atoms with van der Waals surface area (Å²) in [5.74, 6) is -0.685. The van der Waals surface area contributed by atoms with Crippen molar-refractivity contribution in [2.45, 2.75) is 25.7 Å². The number of aromatic nitrogens is 2. The predicted octanol–water partition coefficient (Wildman–Crippen LogP) is 4.65. The number of urea groups is 1. The molecule has 3 aromatic rings. The van der Waals surface area contributed by atoms with E-state index < -0.39 is 11.7 Å². The van der Waals surface area contributed by atoms with Crippen LogP contribution in [0, 0.1) is 12.7 Å². The fourth-order valence-corrected chi connectivity index (χ4v) is 4.32. The Morgan fingerprint density at radius 1 is 1.03 bits per heavy atom. The molecule has 4 rings (SSSR count). The van der Waals surface area contributed by atoms with E-state index in [9.17, 15) is 14.0 Å². The van der Waals surface area contributed by atoms with Crippen molar-refractivity contribution in [2.24, 2.45) is 0 Å². The highest BCUT2D eigenvalue weighted by Gasteiger charge is 2.27. The first-order valence-corrected chi connectivity index (χ1v) is 10.8. The molecular weight excluding hydrogens is 417 g/mol. The standard InChI is InChI=1S/C22H22FN5O2S/c1-14-5-7-17(8-6-14)25-22(30)28-11-9-15(10-12-28)20-26-27-21(31-20)19(29)24-18-4-2-3-16(23)13-18/h2-8,13,15H,9-12H2,1H3,(H,24,29)(H,25,30). The topological polar surface area (TPSA) is 87.2 Å². The Kier molecular flexibility index (Phi) is 6.22. The summed E-state index contributed by atoms with van der Waals surface area (Å²) in [7, 11) is 0. The fraction of sp³-hybridized carbons (Fsp3) is 0.273. The van der Waals surface area contributed by atoms with Gasteiger partial charge in [0.25, 0.3) is 5.91 Å². The molecule has 0 atom stereocenters. The molecule has 1 aromatic heterocycles. The number of amides is 3. The number of nitrogens with zero attached hydrogens (tertiary/aromatic N) is 3. The van der Waals surface area contributed by atoms with Crippen LogP contribution in [0.25, 0.3) is 0 Å². The van der Waals surface area contributed by atoms with Crippen LogP contribution in [-0.4, -0.2) is 40.1 Å².